The lowest BCUT2D eigenvalue weighted by molar-refractivity contribution is -0.0393. The molecule has 1 unspecified atom stereocenters. The fourth-order valence-electron chi connectivity index (χ4n) is 1.70. The first kappa shape index (κ1) is 10.3. The van der Waals surface area contributed by atoms with Gasteiger partial charge in [-0.05, 0) is 18.1 Å². The summed E-state index contributed by atoms with van der Waals surface area (Å²) in [7, 11) is 1.90. The van der Waals surface area contributed by atoms with Crippen molar-refractivity contribution in [2.45, 2.75) is 19.6 Å². The molecule has 0 aliphatic carbocycles. The molecule has 1 aliphatic heterocycles. The van der Waals surface area contributed by atoms with Crippen LogP contribution in [0.3, 0.4) is 0 Å². The topological polar surface area (TPSA) is 30.5 Å². The van der Waals surface area contributed by atoms with Crippen LogP contribution < -0.4 is 10.1 Å². The predicted molar refractivity (Wildman–Crippen MR) is 60.1 cm³/mol. The Labute approximate surface area is 90.4 Å². The Balaban J connectivity index is 1.98. The Morgan fingerprint density at radius 1 is 1.47 bits per heavy atom. The van der Waals surface area contributed by atoms with E-state index in [1.807, 2.05) is 31.3 Å². The molecule has 0 spiro atoms. The lowest BCUT2D eigenvalue weighted by Crippen LogP contribution is -2.14. The van der Waals surface area contributed by atoms with Crippen LogP contribution >= 0.6 is 0 Å². The minimum absolute atomic E-state index is 0.0768. The molecule has 1 fully saturated rings. The largest absolute Gasteiger partial charge is 0.465 e. The van der Waals surface area contributed by atoms with Crippen LogP contribution in [0.2, 0.25) is 0 Å². The van der Waals surface area contributed by atoms with Crippen LogP contribution in [-0.4, -0.2) is 19.9 Å². The van der Waals surface area contributed by atoms with Gasteiger partial charge >= 0.3 is 0 Å². The van der Waals surface area contributed by atoms with E-state index in [1.54, 1.807) is 0 Å². The molecule has 3 nitrogen and oxygen atoms in total. The maximum Gasteiger partial charge on any atom is 0.200 e. The average Bonchev–Trinajstić information content (AvgIpc) is 2.64. The Morgan fingerprint density at radius 3 is 3.00 bits per heavy atom. The van der Waals surface area contributed by atoms with Gasteiger partial charge < -0.3 is 14.8 Å². The third-order valence-corrected chi connectivity index (χ3v) is 2.55. The Hall–Kier alpha value is -1.22. The number of anilines is 1. The van der Waals surface area contributed by atoms with E-state index in [-0.39, 0.29) is 6.29 Å². The Morgan fingerprint density at radius 2 is 2.33 bits per heavy atom. The summed E-state index contributed by atoms with van der Waals surface area (Å²) in [6.07, 6.45) is 0.899. The normalized spacial score (nSPS) is 25.2. The van der Waals surface area contributed by atoms with Gasteiger partial charge in [-0.3, -0.25) is 0 Å². The van der Waals surface area contributed by atoms with Crippen molar-refractivity contribution in [3.63, 3.8) is 0 Å². The summed E-state index contributed by atoms with van der Waals surface area (Å²) in [6.45, 7) is 2.98. The molecule has 82 valence electrons. The molecule has 15 heavy (non-hydrogen) atoms. The second kappa shape index (κ2) is 4.53. The predicted octanol–water partition coefficient (Wildman–Crippen LogP) is 2.49. The zero-order valence-corrected chi connectivity index (χ0v) is 9.19. The minimum atomic E-state index is -0.0768. The highest BCUT2D eigenvalue weighted by molar-refractivity contribution is 5.47. The summed E-state index contributed by atoms with van der Waals surface area (Å²) < 4.78 is 11.2. The van der Waals surface area contributed by atoms with Crippen molar-refractivity contribution in [1.29, 1.82) is 0 Å². The molecule has 0 aromatic heterocycles. The van der Waals surface area contributed by atoms with Crippen LogP contribution in [-0.2, 0) is 4.74 Å². The van der Waals surface area contributed by atoms with E-state index < -0.39 is 0 Å². The van der Waals surface area contributed by atoms with Crippen molar-refractivity contribution >= 4 is 5.69 Å². The zero-order chi connectivity index (χ0) is 10.7. The van der Waals surface area contributed by atoms with E-state index in [9.17, 15) is 0 Å². The van der Waals surface area contributed by atoms with Gasteiger partial charge in [0.05, 0.1) is 6.61 Å². The van der Waals surface area contributed by atoms with E-state index in [4.69, 9.17) is 9.47 Å². The third-order valence-electron chi connectivity index (χ3n) is 2.55. The molecule has 0 bridgehead atoms. The van der Waals surface area contributed by atoms with Gasteiger partial charge in [-0.2, -0.15) is 0 Å². The van der Waals surface area contributed by atoms with Gasteiger partial charge in [0.2, 0.25) is 0 Å². The molecule has 0 amide bonds. The van der Waals surface area contributed by atoms with E-state index >= 15 is 0 Å². The van der Waals surface area contributed by atoms with Gasteiger partial charge in [-0.15, -0.1) is 0 Å². The van der Waals surface area contributed by atoms with Crippen molar-refractivity contribution in [3.8, 4) is 5.75 Å². The standard InChI is InChI=1S/C12H17NO2/c1-9-6-12(14-8-9)15-11-5-3-4-10(7-11)13-2/h3-5,7,9,12-13H,6,8H2,1-2H3/t9-,12?/m1/s1. The summed E-state index contributed by atoms with van der Waals surface area (Å²) in [5.41, 5.74) is 1.05. The van der Waals surface area contributed by atoms with Gasteiger partial charge in [-0.1, -0.05) is 13.0 Å². The van der Waals surface area contributed by atoms with Crippen molar-refractivity contribution in [1.82, 2.24) is 0 Å². The molecule has 1 N–H and O–H groups in total. The molecule has 2 rings (SSSR count). The van der Waals surface area contributed by atoms with Gasteiger partial charge in [0.15, 0.2) is 6.29 Å². The first-order chi connectivity index (χ1) is 7.28. The first-order valence-corrected chi connectivity index (χ1v) is 5.34. The number of benzene rings is 1. The monoisotopic (exact) mass is 207 g/mol. The summed E-state index contributed by atoms with van der Waals surface area (Å²) in [5.74, 6) is 1.46. The van der Waals surface area contributed by atoms with Crippen LogP contribution in [0.15, 0.2) is 24.3 Å². The molecule has 1 saturated heterocycles. The number of nitrogens with one attached hydrogen (secondary N) is 1. The van der Waals surface area contributed by atoms with Gasteiger partial charge in [0.25, 0.3) is 0 Å². The average molecular weight is 207 g/mol. The van der Waals surface area contributed by atoms with Gasteiger partial charge in [0.1, 0.15) is 5.75 Å². The maximum absolute atomic E-state index is 5.73. The van der Waals surface area contributed by atoms with Crippen molar-refractivity contribution < 1.29 is 9.47 Å². The highest BCUT2D eigenvalue weighted by Crippen LogP contribution is 2.24. The molecule has 1 heterocycles. The summed E-state index contributed by atoms with van der Waals surface area (Å²) in [5, 5.41) is 3.08. The molecule has 0 saturated carbocycles. The van der Waals surface area contributed by atoms with Crippen LogP contribution in [0.5, 0.6) is 5.75 Å². The van der Waals surface area contributed by atoms with Gasteiger partial charge in [-0.25, -0.2) is 0 Å². The highest BCUT2D eigenvalue weighted by atomic mass is 16.7. The number of hydrogen-bond acceptors (Lipinski definition) is 3. The van der Waals surface area contributed by atoms with Crippen LogP contribution in [0.4, 0.5) is 5.69 Å². The molecule has 1 aliphatic rings. The maximum atomic E-state index is 5.73. The summed E-state index contributed by atoms with van der Waals surface area (Å²) in [4.78, 5) is 0. The Kier molecular flexibility index (Phi) is 3.11. The summed E-state index contributed by atoms with van der Waals surface area (Å²) in [6, 6.07) is 7.91. The molecule has 3 heteroatoms. The highest BCUT2D eigenvalue weighted by Gasteiger charge is 2.23. The second-order valence-electron chi connectivity index (χ2n) is 4.00. The SMILES string of the molecule is CNc1cccc(OC2C[C@@H](C)CO2)c1. The molecule has 1 aromatic carbocycles. The van der Waals surface area contributed by atoms with E-state index in [0.717, 1.165) is 24.5 Å². The minimum Gasteiger partial charge on any atom is -0.465 e. The van der Waals surface area contributed by atoms with E-state index in [0.29, 0.717) is 5.92 Å². The smallest absolute Gasteiger partial charge is 0.200 e. The number of ether oxygens (including phenoxy) is 2. The lowest BCUT2D eigenvalue weighted by Gasteiger charge is -2.13. The second-order valence-corrected chi connectivity index (χ2v) is 4.00. The number of hydrogen-bond donors (Lipinski definition) is 1. The quantitative estimate of drug-likeness (QED) is 0.826. The zero-order valence-electron chi connectivity index (χ0n) is 9.19. The molecule has 2 atom stereocenters. The molecular weight excluding hydrogens is 190 g/mol. The fraction of sp³-hybridized carbons (Fsp3) is 0.500. The number of rotatable bonds is 3. The van der Waals surface area contributed by atoms with Crippen molar-refractivity contribution in [2.24, 2.45) is 5.92 Å². The van der Waals surface area contributed by atoms with Crippen LogP contribution in [0.25, 0.3) is 0 Å². The van der Waals surface area contributed by atoms with Crippen molar-refractivity contribution in [2.75, 3.05) is 19.0 Å². The first-order valence-electron chi connectivity index (χ1n) is 5.34. The third kappa shape index (κ3) is 2.63. The van der Waals surface area contributed by atoms with Crippen LogP contribution in [0.1, 0.15) is 13.3 Å². The lowest BCUT2D eigenvalue weighted by atomic mass is 10.1. The summed E-state index contributed by atoms with van der Waals surface area (Å²) >= 11 is 0. The van der Waals surface area contributed by atoms with E-state index in [1.165, 1.54) is 0 Å². The van der Waals surface area contributed by atoms with Crippen molar-refractivity contribution in [3.05, 3.63) is 24.3 Å². The van der Waals surface area contributed by atoms with E-state index in [2.05, 4.69) is 12.2 Å². The van der Waals surface area contributed by atoms with Crippen LogP contribution in [0, 0.1) is 5.92 Å². The fourth-order valence-corrected chi connectivity index (χ4v) is 1.70. The molecule has 1 aromatic rings. The molecular formula is C12H17NO2. The Bertz CT molecular complexity index is 327. The van der Waals surface area contributed by atoms with Gasteiger partial charge in [0, 0.05) is 25.2 Å². The molecule has 0 radical (unpaired) electrons.